The molecule has 0 aliphatic carbocycles. The smallest absolute Gasteiger partial charge is 0.326 e. The van der Waals surface area contributed by atoms with Gasteiger partial charge in [0.1, 0.15) is 6.04 Å². The van der Waals surface area contributed by atoms with Crippen molar-refractivity contribution in [2.24, 2.45) is 0 Å². The van der Waals surface area contributed by atoms with Crippen LogP contribution in [0.3, 0.4) is 0 Å². The highest BCUT2D eigenvalue weighted by atomic mass is 16.4. The van der Waals surface area contributed by atoms with Crippen LogP contribution in [0.25, 0.3) is 0 Å². The van der Waals surface area contributed by atoms with E-state index >= 15 is 0 Å². The van der Waals surface area contributed by atoms with E-state index in [2.05, 4.69) is 5.32 Å². The van der Waals surface area contributed by atoms with Crippen LogP contribution in [-0.2, 0) is 9.59 Å². The first kappa shape index (κ1) is 12.3. The Labute approximate surface area is 99.6 Å². The molecule has 3 atom stereocenters. The summed E-state index contributed by atoms with van der Waals surface area (Å²) in [6.07, 6.45) is 2.20. The lowest BCUT2D eigenvalue weighted by Gasteiger charge is -2.29. The van der Waals surface area contributed by atoms with Crippen molar-refractivity contribution in [3.05, 3.63) is 0 Å². The summed E-state index contributed by atoms with van der Waals surface area (Å²) in [5.41, 5.74) is 0. The summed E-state index contributed by atoms with van der Waals surface area (Å²) in [4.78, 5) is 24.5. The molecule has 0 aromatic heterocycles. The van der Waals surface area contributed by atoms with Crippen LogP contribution in [0.5, 0.6) is 0 Å². The van der Waals surface area contributed by atoms with Crippen molar-refractivity contribution >= 4 is 11.9 Å². The highest BCUT2D eigenvalue weighted by molar-refractivity contribution is 5.87. The third-order valence-electron chi connectivity index (χ3n) is 3.46. The highest BCUT2D eigenvalue weighted by Gasteiger charge is 2.41. The van der Waals surface area contributed by atoms with Gasteiger partial charge in [0.15, 0.2) is 0 Å². The fourth-order valence-electron chi connectivity index (χ4n) is 2.55. The zero-order valence-electron chi connectivity index (χ0n) is 9.63. The van der Waals surface area contributed by atoms with Crippen molar-refractivity contribution in [2.75, 3.05) is 13.1 Å². The number of hydrogen-bond acceptors (Lipinski definition) is 4. The minimum atomic E-state index is -1.04. The second-order valence-corrected chi connectivity index (χ2v) is 4.74. The number of aliphatic hydroxyl groups excluding tert-OH is 1. The van der Waals surface area contributed by atoms with Crippen LogP contribution in [0.2, 0.25) is 0 Å². The molecule has 3 N–H and O–H groups in total. The largest absolute Gasteiger partial charge is 0.480 e. The van der Waals surface area contributed by atoms with E-state index < -0.39 is 18.1 Å². The number of aliphatic carboxylic acids is 1. The van der Waals surface area contributed by atoms with Gasteiger partial charge in [-0.05, 0) is 19.4 Å². The number of nitrogens with zero attached hydrogens (tertiary/aromatic N) is 1. The Morgan fingerprint density at radius 3 is 2.65 bits per heavy atom. The van der Waals surface area contributed by atoms with Crippen LogP contribution in [0.4, 0.5) is 0 Å². The molecule has 2 saturated heterocycles. The van der Waals surface area contributed by atoms with Gasteiger partial charge in [-0.2, -0.15) is 0 Å². The van der Waals surface area contributed by atoms with Crippen molar-refractivity contribution < 1.29 is 19.8 Å². The number of likely N-dealkylation sites (tertiary alicyclic amines) is 1. The molecular formula is C11H18N2O4. The van der Waals surface area contributed by atoms with E-state index in [4.69, 9.17) is 5.11 Å². The zero-order valence-corrected chi connectivity index (χ0v) is 9.63. The average Bonchev–Trinajstić information content (AvgIpc) is 2.72. The molecule has 0 aromatic carbocycles. The molecule has 2 aliphatic rings. The third-order valence-corrected chi connectivity index (χ3v) is 3.46. The number of nitrogens with one attached hydrogen (secondary N) is 1. The maximum atomic E-state index is 12.1. The number of rotatable bonds is 2. The minimum absolute atomic E-state index is 0.133. The first-order chi connectivity index (χ1) is 8.09. The minimum Gasteiger partial charge on any atom is -0.480 e. The van der Waals surface area contributed by atoms with Crippen LogP contribution < -0.4 is 5.32 Å². The summed E-state index contributed by atoms with van der Waals surface area (Å²) in [5, 5.41) is 21.6. The molecule has 2 rings (SSSR count). The molecule has 0 bridgehead atoms. The van der Waals surface area contributed by atoms with Crippen LogP contribution in [0.1, 0.15) is 25.7 Å². The van der Waals surface area contributed by atoms with E-state index in [0.717, 1.165) is 25.8 Å². The number of carboxylic acids is 1. The van der Waals surface area contributed by atoms with Crippen molar-refractivity contribution in [3.8, 4) is 0 Å². The molecule has 6 nitrogen and oxygen atoms in total. The second kappa shape index (κ2) is 5.01. The van der Waals surface area contributed by atoms with Crippen molar-refractivity contribution in [1.82, 2.24) is 10.2 Å². The van der Waals surface area contributed by atoms with Gasteiger partial charge in [0.05, 0.1) is 12.1 Å². The Hall–Kier alpha value is -1.14. The number of piperidine rings is 1. The zero-order chi connectivity index (χ0) is 12.4. The first-order valence-electron chi connectivity index (χ1n) is 6.04. The van der Waals surface area contributed by atoms with E-state index in [-0.39, 0.29) is 24.9 Å². The van der Waals surface area contributed by atoms with Gasteiger partial charge in [-0.15, -0.1) is 0 Å². The van der Waals surface area contributed by atoms with Gasteiger partial charge < -0.3 is 20.4 Å². The topological polar surface area (TPSA) is 89.9 Å². The summed E-state index contributed by atoms with van der Waals surface area (Å²) < 4.78 is 0. The summed E-state index contributed by atoms with van der Waals surface area (Å²) in [5.74, 6) is -1.22. The van der Waals surface area contributed by atoms with Gasteiger partial charge in [-0.1, -0.05) is 6.42 Å². The summed E-state index contributed by atoms with van der Waals surface area (Å²) in [6, 6.07) is -1.16. The fraction of sp³-hybridized carbons (Fsp3) is 0.818. The number of hydrogen-bond donors (Lipinski definition) is 3. The molecule has 0 spiro atoms. The number of carboxylic acid groups (broad SMARTS) is 1. The van der Waals surface area contributed by atoms with Crippen molar-refractivity contribution in [1.29, 1.82) is 0 Å². The Balaban J connectivity index is 2.04. The summed E-state index contributed by atoms with van der Waals surface area (Å²) >= 11 is 0. The maximum absolute atomic E-state index is 12.1. The van der Waals surface area contributed by atoms with E-state index in [0.29, 0.717) is 0 Å². The Kier molecular flexibility index (Phi) is 3.63. The molecule has 2 fully saturated rings. The van der Waals surface area contributed by atoms with Gasteiger partial charge in [0.25, 0.3) is 0 Å². The predicted molar refractivity (Wildman–Crippen MR) is 59.4 cm³/mol. The van der Waals surface area contributed by atoms with Gasteiger partial charge >= 0.3 is 5.97 Å². The lowest BCUT2D eigenvalue weighted by Crippen LogP contribution is -2.51. The van der Waals surface area contributed by atoms with Gasteiger partial charge in [0.2, 0.25) is 5.91 Å². The van der Waals surface area contributed by atoms with E-state index in [1.165, 1.54) is 4.90 Å². The molecule has 2 aliphatic heterocycles. The number of aliphatic hydroxyl groups is 1. The van der Waals surface area contributed by atoms with E-state index in [1.54, 1.807) is 0 Å². The van der Waals surface area contributed by atoms with Gasteiger partial charge in [-0.25, -0.2) is 4.79 Å². The number of amides is 1. The monoisotopic (exact) mass is 242 g/mol. The number of carbonyl (C=O) groups is 2. The standard InChI is InChI=1S/C11H18N2O4/c14-7-5-9(11(16)17)13(6-7)10(15)8-3-1-2-4-12-8/h7-9,12,14H,1-6H2,(H,16,17). The van der Waals surface area contributed by atoms with E-state index in [1.807, 2.05) is 0 Å². The Morgan fingerprint density at radius 1 is 1.29 bits per heavy atom. The normalized spacial score (nSPS) is 33.7. The third kappa shape index (κ3) is 2.58. The SMILES string of the molecule is O=C(O)C1CC(O)CN1C(=O)C1CCCCN1. The molecular weight excluding hydrogens is 224 g/mol. The molecule has 96 valence electrons. The Bertz CT molecular complexity index is 315. The van der Waals surface area contributed by atoms with Crippen LogP contribution in [0, 0.1) is 0 Å². The summed E-state index contributed by atoms with van der Waals surface area (Å²) in [6.45, 7) is 0.929. The fourth-order valence-corrected chi connectivity index (χ4v) is 2.55. The molecule has 0 aromatic rings. The van der Waals surface area contributed by atoms with Crippen molar-refractivity contribution in [2.45, 2.75) is 43.9 Å². The average molecular weight is 242 g/mol. The van der Waals surface area contributed by atoms with E-state index in [9.17, 15) is 14.7 Å². The van der Waals surface area contributed by atoms with Gasteiger partial charge in [-0.3, -0.25) is 4.79 Å². The molecule has 0 radical (unpaired) electrons. The second-order valence-electron chi connectivity index (χ2n) is 4.74. The number of β-amino-alcohol motifs (C(OH)–C–C–N with tert-alkyl or cyclic N) is 1. The maximum Gasteiger partial charge on any atom is 0.326 e. The highest BCUT2D eigenvalue weighted by Crippen LogP contribution is 2.21. The van der Waals surface area contributed by atoms with Gasteiger partial charge in [0, 0.05) is 13.0 Å². The lowest BCUT2D eigenvalue weighted by atomic mass is 10.0. The van der Waals surface area contributed by atoms with Crippen LogP contribution in [0.15, 0.2) is 0 Å². The molecule has 2 heterocycles. The lowest BCUT2D eigenvalue weighted by molar-refractivity contribution is -0.149. The first-order valence-corrected chi connectivity index (χ1v) is 6.04. The number of carbonyl (C=O) groups excluding carboxylic acids is 1. The molecule has 1 amide bonds. The summed E-state index contributed by atoms with van der Waals surface area (Å²) in [7, 11) is 0. The molecule has 0 saturated carbocycles. The van der Waals surface area contributed by atoms with Crippen LogP contribution in [-0.4, -0.2) is 58.3 Å². The Morgan fingerprint density at radius 2 is 2.06 bits per heavy atom. The van der Waals surface area contributed by atoms with Crippen molar-refractivity contribution in [3.63, 3.8) is 0 Å². The predicted octanol–water partition coefficient (Wildman–Crippen LogP) is -0.825. The van der Waals surface area contributed by atoms with Crippen LogP contribution >= 0.6 is 0 Å². The molecule has 17 heavy (non-hydrogen) atoms. The quantitative estimate of drug-likeness (QED) is 0.588. The molecule has 6 heteroatoms. The molecule has 3 unspecified atom stereocenters.